The van der Waals surface area contributed by atoms with E-state index < -0.39 is 0 Å². The molecular weight excluding hydrogens is 346 g/mol. The Morgan fingerprint density at radius 1 is 1.14 bits per heavy atom. The van der Waals surface area contributed by atoms with Crippen LogP contribution in [0.2, 0.25) is 0 Å². The average molecular weight is 360 g/mol. The molecule has 2 aromatic rings. The second-order valence-corrected chi connectivity index (χ2v) is 5.70. The molecule has 1 N–H and O–H groups in total. The smallest absolute Gasteiger partial charge is 0.256 e. The van der Waals surface area contributed by atoms with Crippen molar-refractivity contribution < 1.29 is 14.3 Å². The summed E-state index contributed by atoms with van der Waals surface area (Å²) < 4.78 is 11.6. The van der Waals surface area contributed by atoms with Gasteiger partial charge in [-0.25, -0.2) is 0 Å². The van der Waals surface area contributed by atoms with Crippen LogP contribution in [-0.4, -0.2) is 20.1 Å². The highest BCUT2D eigenvalue weighted by atomic mass is 79.9. The summed E-state index contributed by atoms with van der Waals surface area (Å²) in [7, 11) is 3.17. The fourth-order valence-electron chi connectivity index (χ4n) is 2.48. The normalized spacial score (nSPS) is 14.7. The molecule has 112 valence electrons. The van der Waals surface area contributed by atoms with Gasteiger partial charge < -0.3 is 14.8 Å². The molecule has 0 saturated carbocycles. The zero-order valence-electron chi connectivity index (χ0n) is 12.1. The van der Waals surface area contributed by atoms with Crippen molar-refractivity contribution in [1.82, 2.24) is 0 Å². The number of anilines is 1. The molecular formula is C17H14BrNO3. The van der Waals surface area contributed by atoms with Gasteiger partial charge in [-0.2, -0.15) is 0 Å². The third-order valence-corrected chi connectivity index (χ3v) is 3.99. The van der Waals surface area contributed by atoms with Gasteiger partial charge in [0, 0.05) is 26.9 Å². The van der Waals surface area contributed by atoms with Crippen molar-refractivity contribution in [2.75, 3.05) is 19.5 Å². The first-order valence-corrected chi connectivity index (χ1v) is 7.47. The van der Waals surface area contributed by atoms with E-state index in [1.807, 2.05) is 42.5 Å². The third kappa shape index (κ3) is 2.48. The number of carbonyl (C=O) groups is 1. The number of nitrogens with one attached hydrogen (secondary N) is 1. The Bertz CT molecular complexity index is 783. The Kier molecular flexibility index (Phi) is 3.90. The van der Waals surface area contributed by atoms with E-state index in [1.54, 1.807) is 14.2 Å². The van der Waals surface area contributed by atoms with Gasteiger partial charge in [0.1, 0.15) is 0 Å². The standard InChI is InChI=1S/C17H14BrNO3/c1-21-15-5-3-4-10(16(15)22-2)8-13-12-9-11(18)6-7-14(12)19-17(13)20/h3-9H,1-2H3,(H,19,20)/b13-8+. The van der Waals surface area contributed by atoms with Gasteiger partial charge in [0.15, 0.2) is 11.5 Å². The van der Waals surface area contributed by atoms with Crippen LogP contribution in [0.15, 0.2) is 40.9 Å². The summed E-state index contributed by atoms with van der Waals surface area (Å²) in [6, 6.07) is 11.3. The van der Waals surface area contributed by atoms with Gasteiger partial charge in [-0.3, -0.25) is 4.79 Å². The van der Waals surface area contributed by atoms with Crippen molar-refractivity contribution in [3.8, 4) is 11.5 Å². The molecule has 5 heteroatoms. The number of para-hydroxylation sites is 1. The monoisotopic (exact) mass is 359 g/mol. The third-order valence-electron chi connectivity index (χ3n) is 3.50. The first-order valence-electron chi connectivity index (χ1n) is 6.68. The predicted molar refractivity (Wildman–Crippen MR) is 90.2 cm³/mol. The Morgan fingerprint density at radius 3 is 2.68 bits per heavy atom. The minimum absolute atomic E-state index is 0.127. The maximum absolute atomic E-state index is 12.2. The number of methoxy groups -OCH3 is 2. The molecule has 0 saturated heterocycles. The number of hydrogen-bond donors (Lipinski definition) is 1. The molecule has 1 aliphatic heterocycles. The van der Waals surface area contributed by atoms with E-state index in [-0.39, 0.29) is 5.91 Å². The number of carbonyl (C=O) groups excluding carboxylic acids is 1. The van der Waals surface area contributed by atoms with Crippen LogP contribution in [-0.2, 0) is 4.79 Å². The lowest BCUT2D eigenvalue weighted by atomic mass is 10.0. The minimum atomic E-state index is -0.127. The fourth-order valence-corrected chi connectivity index (χ4v) is 2.85. The van der Waals surface area contributed by atoms with Crippen LogP contribution >= 0.6 is 15.9 Å². The van der Waals surface area contributed by atoms with Gasteiger partial charge in [0.25, 0.3) is 5.91 Å². The predicted octanol–water partition coefficient (Wildman–Crippen LogP) is 3.96. The van der Waals surface area contributed by atoms with Crippen molar-refractivity contribution >= 4 is 39.2 Å². The zero-order valence-corrected chi connectivity index (χ0v) is 13.7. The maximum atomic E-state index is 12.2. The van der Waals surface area contributed by atoms with Gasteiger partial charge in [0.05, 0.1) is 14.2 Å². The number of amides is 1. The quantitative estimate of drug-likeness (QED) is 0.843. The highest BCUT2D eigenvalue weighted by molar-refractivity contribution is 9.10. The molecule has 0 spiro atoms. The number of fused-ring (bicyclic) bond motifs is 1. The lowest BCUT2D eigenvalue weighted by Gasteiger charge is -2.10. The zero-order chi connectivity index (χ0) is 15.7. The van der Waals surface area contributed by atoms with Crippen LogP contribution in [0.5, 0.6) is 11.5 Å². The van der Waals surface area contributed by atoms with Gasteiger partial charge in [-0.15, -0.1) is 0 Å². The topological polar surface area (TPSA) is 47.6 Å². The SMILES string of the molecule is COc1cccc(/C=C2/C(=O)Nc3ccc(Br)cc32)c1OC. The van der Waals surface area contributed by atoms with E-state index in [9.17, 15) is 4.79 Å². The summed E-state index contributed by atoms with van der Waals surface area (Å²) in [5.74, 6) is 1.11. The number of ether oxygens (including phenoxy) is 2. The molecule has 0 radical (unpaired) electrons. The summed E-state index contributed by atoms with van der Waals surface area (Å²) in [6.07, 6.45) is 1.81. The molecule has 22 heavy (non-hydrogen) atoms. The van der Waals surface area contributed by atoms with E-state index in [0.717, 1.165) is 21.3 Å². The van der Waals surface area contributed by atoms with Crippen molar-refractivity contribution in [3.63, 3.8) is 0 Å². The second-order valence-electron chi connectivity index (χ2n) is 4.78. The Morgan fingerprint density at radius 2 is 1.95 bits per heavy atom. The molecule has 1 heterocycles. The lowest BCUT2D eigenvalue weighted by molar-refractivity contribution is -0.110. The molecule has 1 aliphatic rings. The van der Waals surface area contributed by atoms with Gasteiger partial charge in [-0.1, -0.05) is 28.1 Å². The van der Waals surface area contributed by atoms with E-state index in [1.165, 1.54) is 0 Å². The molecule has 1 amide bonds. The van der Waals surface area contributed by atoms with E-state index >= 15 is 0 Å². The van der Waals surface area contributed by atoms with Crippen LogP contribution in [0.3, 0.4) is 0 Å². The molecule has 0 unspecified atom stereocenters. The van der Waals surface area contributed by atoms with Crippen LogP contribution in [0.1, 0.15) is 11.1 Å². The van der Waals surface area contributed by atoms with E-state index in [2.05, 4.69) is 21.2 Å². The number of benzene rings is 2. The van der Waals surface area contributed by atoms with Crippen LogP contribution in [0.4, 0.5) is 5.69 Å². The summed E-state index contributed by atoms with van der Waals surface area (Å²) in [4.78, 5) is 12.2. The summed E-state index contributed by atoms with van der Waals surface area (Å²) in [5.41, 5.74) is 3.06. The van der Waals surface area contributed by atoms with Crippen molar-refractivity contribution in [1.29, 1.82) is 0 Å². The molecule has 0 fully saturated rings. The summed E-state index contributed by atoms with van der Waals surface area (Å²) in [6.45, 7) is 0. The van der Waals surface area contributed by atoms with E-state index in [0.29, 0.717) is 17.1 Å². The van der Waals surface area contributed by atoms with Crippen LogP contribution in [0, 0.1) is 0 Å². The molecule has 3 rings (SSSR count). The number of halogens is 1. The fraction of sp³-hybridized carbons (Fsp3) is 0.118. The highest BCUT2D eigenvalue weighted by Gasteiger charge is 2.24. The number of rotatable bonds is 3. The first kappa shape index (κ1) is 14.7. The lowest BCUT2D eigenvalue weighted by Crippen LogP contribution is -2.03. The Hall–Kier alpha value is -2.27. The Balaban J connectivity index is 2.14. The molecule has 2 aromatic carbocycles. The van der Waals surface area contributed by atoms with Gasteiger partial charge in [0.2, 0.25) is 0 Å². The molecule has 4 nitrogen and oxygen atoms in total. The van der Waals surface area contributed by atoms with Gasteiger partial charge >= 0.3 is 0 Å². The largest absolute Gasteiger partial charge is 0.493 e. The molecule has 0 aliphatic carbocycles. The molecule has 0 atom stereocenters. The van der Waals surface area contributed by atoms with Crippen LogP contribution in [0.25, 0.3) is 11.6 Å². The van der Waals surface area contributed by atoms with Crippen molar-refractivity contribution in [2.45, 2.75) is 0 Å². The van der Waals surface area contributed by atoms with Crippen molar-refractivity contribution in [3.05, 3.63) is 52.0 Å². The van der Waals surface area contributed by atoms with Crippen molar-refractivity contribution in [2.24, 2.45) is 0 Å². The summed E-state index contributed by atoms with van der Waals surface area (Å²) >= 11 is 3.44. The second kappa shape index (κ2) is 5.85. The Labute approximate surface area is 136 Å². The van der Waals surface area contributed by atoms with Crippen LogP contribution < -0.4 is 14.8 Å². The molecule has 0 bridgehead atoms. The average Bonchev–Trinajstić information content (AvgIpc) is 2.82. The first-order chi connectivity index (χ1) is 10.6. The maximum Gasteiger partial charge on any atom is 0.256 e. The number of hydrogen-bond acceptors (Lipinski definition) is 3. The molecule has 0 aromatic heterocycles. The minimum Gasteiger partial charge on any atom is -0.493 e. The highest BCUT2D eigenvalue weighted by Crippen LogP contribution is 2.38. The van der Waals surface area contributed by atoms with E-state index in [4.69, 9.17) is 9.47 Å². The summed E-state index contributed by atoms with van der Waals surface area (Å²) in [5, 5.41) is 2.86. The van der Waals surface area contributed by atoms with Gasteiger partial charge in [-0.05, 0) is 30.3 Å².